The number of amides is 1. The van der Waals surface area contributed by atoms with Crippen molar-refractivity contribution in [2.75, 3.05) is 11.9 Å². The summed E-state index contributed by atoms with van der Waals surface area (Å²) in [4.78, 5) is 12.3. The molecule has 1 aromatic carbocycles. The van der Waals surface area contributed by atoms with Gasteiger partial charge in [0.05, 0.1) is 17.9 Å². The molecule has 2 aromatic rings. The molecule has 1 aromatic heterocycles. The molecule has 0 aliphatic rings. The van der Waals surface area contributed by atoms with Gasteiger partial charge in [-0.15, -0.1) is 0 Å². The Labute approximate surface area is 144 Å². The van der Waals surface area contributed by atoms with Gasteiger partial charge in [0.1, 0.15) is 5.82 Å². The van der Waals surface area contributed by atoms with E-state index in [0.29, 0.717) is 5.82 Å². The van der Waals surface area contributed by atoms with Crippen molar-refractivity contribution in [2.45, 2.75) is 52.5 Å². The fourth-order valence-corrected chi connectivity index (χ4v) is 2.14. The van der Waals surface area contributed by atoms with Gasteiger partial charge in [0, 0.05) is 17.0 Å². The first-order valence-electron chi connectivity index (χ1n) is 8.27. The second-order valence-corrected chi connectivity index (χ2v) is 8.06. The number of carbonyl (C=O) groups is 1. The molecule has 0 fully saturated rings. The molecule has 0 radical (unpaired) electrons. The summed E-state index contributed by atoms with van der Waals surface area (Å²) in [6.45, 7) is 12.7. The summed E-state index contributed by atoms with van der Waals surface area (Å²) < 4.78 is 1.79. The molecule has 5 heteroatoms. The molecule has 0 saturated carbocycles. The summed E-state index contributed by atoms with van der Waals surface area (Å²) in [6, 6.07) is 11.8. The van der Waals surface area contributed by atoms with Crippen LogP contribution in [0.15, 0.2) is 36.4 Å². The van der Waals surface area contributed by atoms with Crippen molar-refractivity contribution in [3.8, 4) is 5.69 Å². The summed E-state index contributed by atoms with van der Waals surface area (Å²) in [5.41, 5.74) is 1.66. The first-order chi connectivity index (χ1) is 11.1. The van der Waals surface area contributed by atoms with Gasteiger partial charge in [-0.05, 0) is 32.9 Å². The molecule has 2 N–H and O–H groups in total. The number of nitrogens with zero attached hydrogens (tertiary/aromatic N) is 2. The van der Waals surface area contributed by atoms with E-state index in [1.165, 1.54) is 0 Å². The highest BCUT2D eigenvalue weighted by atomic mass is 16.2. The second-order valence-electron chi connectivity index (χ2n) is 8.06. The molecule has 0 bridgehead atoms. The molecule has 5 nitrogen and oxygen atoms in total. The molecule has 0 aliphatic heterocycles. The highest BCUT2D eigenvalue weighted by Crippen LogP contribution is 2.26. The van der Waals surface area contributed by atoms with Crippen LogP contribution in [0.2, 0.25) is 0 Å². The minimum absolute atomic E-state index is 0.0811. The average Bonchev–Trinajstić information content (AvgIpc) is 2.89. The zero-order chi connectivity index (χ0) is 18.0. The highest BCUT2D eigenvalue weighted by Gasteiger charge is 2.21. The third-order valence-corrected chi connectivity index (χ3v) is 3.53. The third-order valence-electron chi connectivity index (χ3n) is 3.53. The predicted molar refractivity (Wildman–Crippen MR) is 98.6 cm³/mol. The predicted octanol–water partition coefficient (Wildman–Crippen LogP) is 3.50. The van der Waals surface area contributed by atoms with Gasteiger partial charge >= 0.3 is 0 Å². The minimum Gasteiger partial charge on any atom is -0.309 e. The van der Waals surface area contributed by atoms with Gasteiger partial charge in [-0.25, -0.2) is 4.68 Å². The normalized spacial score (nSPS) is 12.2. The molecule has 0 spiro atoms. The first-order valence-corrected chi connectivity index (χ1v) is 8.27. The van der Waals surface area contributed by atoms with Gasteiger partial charge in [0.15, 0.2) is 0 Å². The van der Waals surface area contributed by atoms with Crippen LogP contribution in [-0.4, -0.2) is 27.8 Å². The summed E-state index contributed by atoms with van der Waals surface area (Å²) in [7, 11) is 0. The molecule has 130 valence electrons. The molecule has 24 heavy (non-hydrogen) atoms. The largest absolute Gasteiger partial charge is 0.309 e. The van der Waals surface area contributed by atoms with E-state index < -0.39 is 0 Å². The van der Waals surface area contributed by atoms with Crippen LogP contribution in [-0.2, 0) is 10.2 Å². The first kappa shape index (κ1) is 18.2. The number of carbonyl (C=O) groups excluding carboxylic acids is 1. The van der Waals surface area contributed by atoms with E-state index in [1.807, 2.05) is 57.2 Å². The number of nitrogens with one attached hydrogen (secondary N) is 2. The fourth-order valence-electron chi connectivity index (χ4n) is 2.14. The highest BCUT2D eigenvalue weighted by molar-refractivity contribution is 5.91. The quantitative estimate of drug-likeness (QED) is 0.903. The molecule has 0 unspecified atom stereocenters. The molecule has 1 amide bonds. The minimum atomic E-state index is -0.104. The monoisotopic (exact) mass is 328 g/mol. The standard InChI is InChI=1S/C19H28N4O/c1-18(2,3)15-12-16(21-17(24)13-20-19(4,5)6)23(22-15)14-10-8-7-9-11-14/h7-12,20H,13H2,1-6H3,(H,21,24). The van der Waals surface area contributed by atoms with Gasteiger partial charge in [-0.3, -0.25) is 4.79 Å². The maximum Gasteiger partial charge on any atom is 0.239 e. The number of hydrogen-bond acceptors (Lipinski definition) is 3. The van der Waals surface area contributed by atoms with Crippen LogP contribution in [0, 0.1) is 0 Å². The SMILES string of the molecule is CC(C)(C)NCC(=O)Nc1cc(C(C)(C)C)nn1-c1ccccc1. The van der Waals surface area contributed by atoms with E-state index in [1.54, 1.807) is 4.68 Å². The van der Waals surface area contributed by atoms with Crippen LogP contribution >= 0.6 is 0 Å². The van der Waals surface area contributed by atoms with Gasteiger partial charge in [0.2, 0.25) is 5.91 Å². The molecule has 0 atom stereocenters. The molecular weight excluding hydrogens is 300 g/mol. The van der Waals surface area contributed by atoms with Crippen molar-refractivity contribution in [1.82, 2.24) is 15.1 Å². The number of anilines is 1. The summed E-state index contributed by atoms with van der Waals surface area (Å²) in [6.07, 6.45) is 0. The number of rotatable bonds is 4. The van der Waals surface area contributed by atoms with E-state index >= 15 is 0 Å². The summed E-state index contributed by atoms with van der Waals surface area (Å²) >= 11 is 0. The number of hydrogen-bond donors (Lipinski definition) is 2. The van der Waals surface area contributed by atoms with Crippen LogP contribution < -0.4 is 10.6 Å². The van der Waals surface area contributed by atoms with Crippen molar-refractivity contribution in [2.24, 2.45) is 0 Å². The van der Waals surface area contributed by atoms with E-state index in [-0.39, 0.29) is 23.4 Å². The topological polar surface area (TPSA) is 59.0 Å². The van der Waals surface area contributed by atoms with Crippen molar-refractivity contribution >= 4 is 11.7 Å². The van der Waals surface area contributed by atoms with Crippen LogP contribution in [0.5, 0.6) is 0 Å². The van der Waals surface area contributed by atoms with E-state index in [2.05, 4.69) is 31.4 Å². The zero-order valence-electron chi connectivity index (χ0n) is 15.5. The number of benzene rings is 1. The number of para-hydroxylation sites is 1. The van der Waals surface area contributed by atoms with Crippen molar-refractivity contribution in [1.29, 1.82) is 0 Å². The Bertz CT molecular complexity index is 690. The second kappa shape index (κ2) is 6.77. The summed E-state index contributed by atoms with van der Waals surface area (Å²) in [5.74, 6) is 0.606. The van der Waals surface area contributed by atoms with E-state index in [4.69, 9.17) is 5.10 Å². The lowest BCUT2D eigenvalue weighted by atomic mass is 9.92. The van der Waals surface area contributed by atoms with Crippen LogP contribution in [0.25, 0.3) is 5.69 Å². The van der Waals surface area contributed by atoms with Gasteiger partial charge < -0.3 is 10.6 Å². The van der Waals surface area contributed by atoms with Gasteiger partial charge in [0.25, 0.3) is 0 Å². The molecular formula is C19H28N4O. The smallest absolute Gasteiger partial charge is 0.239 e. The van der Waals surface area contributed by atoms with Crippen molar-refractivity contribution < 1.29 is 4.79 Å². The van der Waals surface area contributed by atoms with Gasteiger partial charge in [-0.1, -0.05) is 39.0 Å². The summed E-state index contributed by atoms with van der Waals surface area (Å²) in [5, 5.41) is 10.9. The van der Waals surface area contributed by atoms with Crippen LogP contribution in [0.4, 0.5) is 5.82 Å². The van der Waals surface area contributed by atoms with Crippen LogP contribution in [0.1, 0.15) is 47.2 Å². The lowest BCUT2D eigenvalue weighted by molar-refractivity contribution is -0.115. The van der Waals surface area contributed by atoms with E-state index in [9.17, 15) is 4.79 Å². The Morgan fingerprint density at radius 3 is 2.25 bits per heavy atom. The molecule has 0 aliphatic carbocycles. The van der Waals surface area contributed by atoms with Crippen molar-refractivity contribution in [3.63, 3.8) is 0 Å². The lowest BCUT2D eigenvalue weighted by Gasteiger charge is -2.20. The average molecular weight is 328 g/mol. The Morgan fingerprint density at radius 2 is 1.71 bits per heavy atom. The van der Waals surface area contributed by atoms with Crippen molar-refractivity contribution in [3.05, 3.63) is 42.1 Å². The maximum atomic E-state index is 12.3. The third kappa shape index (κ3) is 4.93. The Kier molecular flexibility index (Phi) is 5.13. The molecule has 0 saturated heterocycles. The van der Waals surface area contributed by atoms with Gasteiger partial charge in [-0.2, -0.15) is 5.10 Å². The Morgan fingerprint density at radius 1 is 1.08 bits per heavy atom. The zero-order valence-corrected chi connectivity index (χ0v) is 15.5. The Hall–Kier alpha value is -2.14. The molecule has 1 heterocycles. The lowest BCUT2D eigenvalue weighted by Crippen LogP contribution is -2.41. The maximum absolute atomic E-state index is 12.3. The van der Waals surface area contributed by atoms with Crippen LogP contribution in [0.3, 0.4) is 0 Å². The Balaban J connectivity index is 2.28. The number of aromatic nitrogens is 2. The fraction of sp³-hybridized carbons (Fsp3) is 0.474. The molecule has 2 rings (SSSR count). The van der Waals surface area contributed by atoms with E-state index in [0.717, 1.165) is 11.4 Å².